The molecule has 17 heavy (non-hydrogen) atoms. The highest BCUT2D eigenvalue weighted by molar-refractivity contribution is 7.91. The molecule has 1 atom stereocenters. The molecule has 2 aliphatic rings. The fourth-order valence-corrected chi connectivity index (χ4v) is 4.63. The van der Waals surface area contributed by atoms with Crippen molar-refractivity contribution in [3.05, 3.63) is 0 Å². The van der Waals surface area contributed by atoms with Gasteiger partial charge in [-0.05, 0) is 64.3 Å². The second-order valence-corrected chi connectivity index (χ2v) is 7.60. The third kappa shape index (κ3) is 4.56. The Morgan fingerprint density at radius 1 is 1.24 bits per heavy atom. The molecule has 0 radical (unpaired) electrons. The van der Waals surface area contributed by atoms with Crippen molar-refractivity contribution in [1.82, 2.24) is 10.2 Å². The maximum absolute atomic E-state index is 11.3. The highest BCUT2D eigenvalue weighted by atomic mass is 32.2. The van der Waals surface area contributed by atoms with Gasteiger partial charge in [-0.1, -0.05) is 0 Å². The van der Waals surface area contributed by atoms with Crippen molar-refractivity contribution in [2.45, 2.75) is 25.7 Å². The van der Waals surface area contributed by atoms with E-state index in [0.29, 0.717) is 17.4 Å². The average Bonchev–Trinajstić information content (AvgIpc) is 2.88. The molecule has 2 fully saturated rings. The van der Waals surface area contributed by atoms with Crippen LogP contribution < -0.4 is 5.32 Å². The Morgan fingerprint density at radius 3 is 2.65 bits per heavy atom. The minimum atomic E-state index is -2.70. The first-order valence-electron chi connectivity index (χ1n) is 6.79. The molecule has 0 bridgehead atoms. The topological polar surface area (TPSA) is 49.4 Å². The smallest absolute Gasteiger partial charge is 0.150 e. The molecule has 0 aromatic heterocycles. The zero-order valence-corrected chi connectivity index (χ0v) is 11.3. The van der Waals surface area contributed by atoms with Gasteiger partial charge in [0.2, 0.25) is 0 Å². The van der Waals surface area contributed by atoms with E-state index in [1.807, 2.05) is 0 Å². The molecule has 0 aromatic rings. The summed E-state index contributed by atoms with van der Waals surface area (Å²) in [6.45, 7) is 5.62. The second-order valence-electron chi connectivity index (χ2n) is 5.38. The lowest BCUT2D eigenvalue weighted by Crippen LogP contribution is -2.28. The van der Waals surface area contributed by atoms with Crippen molar-refractivity contribution in [2.24, 2.45) is 5.92 Å². The molecule has 100 valence electrons. The largest absolute Gasteiger partial charge is 0.316 e. The Hall–Kier alpha value is -0.130. The van der Waals surface area contributed by atoms with Gasteiger partial charge in [0.15, 0.2) is 9.84 Å². The van der Waals surface area contributed by atoms with Crippen LogP contribution in [0.1, 0.15) is 25.7 Å². The highest BCUT2D eigenvalue weighted by Gasteiger charge is 2.27. The quantitative estimate of drug-likeness (QED) is 0.707. The molecule has 0 saturated carbocycles. The molecule has 0 aliphatic carbocycles. The van der Waals surface area contributed by atoms with Crippen molar-refractivity contribution in [3.63, 3.8) is 0 Å². The molecule has 2 rings (SSSR count). The SMILES string of the molecule is O=S1(=O)CCC(CNCCCN2CCCC2)C1. The van der Waals surface area contributed by atoms with Crippen LogP contribution in [0.2, 0.25) is 0 Å². The standard InChI is InChI=1S/C12H24N2O2S/c15-17(16)9-4-12(11-17)10-13-5-3-8-14-6-1-2-7-14/h12-13H,1-11H2. The molecular weight excluding hydrogens is 236 g/mol. The van der Waals surface area contributed by atoms with Crippen molar-refractivity contribution < 1.29 is 8.42 Å². The Labute approximate surface area is 105 Å². The molecule has 2 aliphatic heterocycles. The minimum Gasteiger partial charge on any atom is -0.316 e. The number of nitrogens with zero attached hydrogens (tertiary/aromatic N) is 1. The summed E-state index contributed by atoms with van der Waals surface area (Å²) in [6, 6.07) is 0. The van der Waals surface area contributed by atoms with Gasteiger partial charge in [-0.25, -0.2) is 8.42 Å². The summed E-state index contributed by atoms with van der Waals surface area (Å²) >= 11 is 0. The zero-order valence-electron chi connectivity index (χ0n) is 10.5. The van der Waals surface area contributed by atoms with Gasteiger partial charge in [0, 0.05) is 0 Å². The second kappa shape index (κ2) is 6.16. The average molecular weight is 260 g/mol. The normalized spacial score (nSPS) is 28.8. The maximum atomic E-state index is 11.3. The van der Waals surface area contributed by atoms with Gasteiger partial charge in [0.1, 0.15) is 0 Å². The lowest BCUT2D eigenvalue weighted by molar-refractivity contribution is 0.329. The molecule has 5 heteroatoms. The molecule has 0 aromatic carbocycles. The fourth-order valence-electron chi connectivity index (χ4n) is 2.77. The molecule has 1 N–H and O–H groups in total. The summed E-state index contributed by atoms with van der Waals surface area (Å²) in [6.07, 6.45) is 4.74. The first-order chi connectivity index (χ1) is 8.16. The predicted molar refractivity (Wildman–Crippen MR) is 69.9 cm³/mol. The van der Waals surface area contributed by atoms with Crippen molar-refractivity contribution in [2.75, 3.05) is 44.2 Å². The predicted octanol–water partition coefficient (Wildman–Crippen LogP) is 0.497. The van der Waals surface area contributed by atoms with Gasteiger partial charge in [0.25, 0.3) is 0 Å². The van der Waals surface area contributed by atoms with E-state index in [2.05, 4.69) is 10.2 Å². The first-order valence-corrected chi connectivity index (χ1v) is 8.61. The van der Waals surface area contributed by atoms with Crippen LogP contribution in [0.4, 0.5) is 0 Å². The van der Waals surface area contributed by atoms with E-state index in [9.17, 15) is 8.42 Å². The monoisotopic (exact) mass is 260 g/mol. The molecule has 0 spiro atoms. The van der Waals surface area contributed by atoms with E-state index in [-0.39, 0.29) is 0 Å². The number of sulfone groups is 1. The van der Waals surface area contributed by atoms with Gasteiger partial charge in [-0.3, -0.25) is 0 Å². The molecular formula is C12H24N2O2S. The zero-order chi connectivity index (χ0) is 12.1. The van der Waals surface area contributed by atoms with E-state index >= 15 is 0 Å². The summed E-state index contributed by atoms with van der Waals surface area (Å²) in [4.78, 5) is 2.52. The Balaban J connectivity index is 1.49. The lowest BCUT2D eigenvalue weighted by Gasteiger charge is -2.15. The number of likely N-dealkylation sites (tertiary alicyclic amines) is 1. The van der Waals surface area contributed by atoms with Gasteiger partial charge >= 0.3 is 0 Å². The van der Waals surface area contributed by atoms with Crippen LogP contribution in [0.3, 0.4) is 0 Å². The maximum Gasteiger partial charge on any atom is 0.150 e. The Bertz CT molecular complexity index is 323. The number of hydrogen-bond acceptors (Lipinski definition) is 4. The summed E-state index contributed by atoms with van der Waals surface area (Å²) in [5.41, 5.74) is 0. The van der Waals surface area contributed by atoms with Crippen LogP contribution in [0.25, 0.3) is 0 Å². The summed E-state index contributed by atoms with van der Waals surface area (Å²) in [5.74, 6) is 1.14. The van der Waals surface area contributed by atoms with Crippen LogP contribution in [-0.4, -0.2) is 57.5 Å². The summed E-state index contributed by atoms with van der Waals surface area (Å²) in [5, 5.41) is 3.40. The third-order valence-corrected chi connectivity index (χ3v) is 5.62. The number of rotatable bonds is 6. The highest BCUT2D eigenvalue weighted by Crippen LogP contribution is 2.17. The van der Waals surface area contributed by atoms with E-state index < -0.39 is 9.84 Å². The van der Waals surface area contributed by atoms with Crippen molar-refractivity contribution >= 4 is 9.84 Å². The molecule has 2 heterocycles. The van der Waals surface area contributed by atoms with Crippen LogP contribution in [0, 0.1) is 5.92 Å². The lowest BCUT2D eigenvalue weighted by atomic mass is 10.1. The van der Waals surface area contributed by atoms with Gasteiger partial charge in [0.05, 0.1) is 11.5 Å². The number of hydrogen-bond donors (Lipinski definition) is 1. The van der Waals surface area contributed by atoms with Gasteiger partial charge < -0.3 is 10.2 Å². The van der Waals surface area contributed by atoms with E-state index in [1.165, 1.54) is 38.9 Å². The Kier molecular flexibility index (Phi) is 4.82. The fraction of sp³-hybridized carbons (Fsp3) is 1.00. The first kappa shape index (κ1) is 13.3. The number of nitrogens with one attached hydrogen (secondary N) is 1. The summed E-state index contributed by atoms with van der Waals surface area (Å²) < 4.78 is 22.5. The minimum absolute atomic E-state index is 0.354. The van der Waals surface area contributed by atoms with E-state index in [1.54, 1.807) is 0 Å². The summed E-state index contributed by atoms with van der Waals surface area (Å²) in [7, 11) is -2.70. The van der Waals surface area contributed by atoms with E-state index in [4.69, 9.17) is 0 Å². The van der Waals surface area contributed by atoms with Crippen LogP contribution >= 0.6 is 0 Å². The molecule has 4 nitrogen and oxygen atoms in total. The van der Waals surface area contributed by atoms with Crippen LogP contribution in [0.15, 0.2) is 0 Å². The van der Waals surface area contributed by atoms with Crippen LogP contribution in [-0.2, 0) is 9.84 Å². The van der Waals surface area contributed by atoms with Crippen molar-refractivity contribution in [3.8, 4) is 0 Å². The third-order valence-electron chi connectivity index (χ3n) is 3.79. The molecule has 1 unspecified atom stereocenters. The van der Waals surface area contributed by atoms with E-state index in [0.717, 1.165) is 19.5 Å². The van der Waals surface area contributed by atoms with Crippen molar-refractivity contribution in [1.29, 1.82) is 0 Å². The molecule has 0 amide bonds. The van der Waals surface area contributed by atoms with Gasteiger partial charge in [-0.2, -0.15) is 0 Å². The molecule has 2 saturated heterocycles. The van der Waals surface area contributed by atoms with Gasteiger partial charge in [-0.15, -0.1) is 0 Å². The Morgan fingerprint density at radius 2 is 2.00 bits per heavy atom. The van der Waals surface area contributed by atoms with Crippen LogP contribution in [0.5, 0.6) is 0 Å².